The predicted octanol–water partition coefficient (Wildman–Crippen LogP) is 2.64. The molecule has 0 aliphatic heterocycles. The lowest BCUT2D eigenvalue weighted by atomic mass is 10.3. The molecule has 0 aromatic rings. The molecule has 2 N–H and O–H groups in total. The highest BCUT2D eigenvalue weighted by Gasteiger charge is 2.33. The minimum Gasteiger partial charge on any atom is -0.504 e. The Labute approximate surface area is 81.3 Å². The van der Waals surface area contributed by atoms with Crippen molar-refractivity contribution in [2.24, 2.45) is 0 Å². The average molecular weight is 229 g/mol. The van der Waals surface area contributed by atoms with E-state index in [-0.39, 0.29) is 20.7 Å². The molecule has 0 bridgehead atoms. The Morgan fingerprint density at radius 2 is 2.14 bits per heavy atom. The monoisotopic (exact) mass is 229 g/mol. The highest BCUT2D eigenvalue weighted by molar-refractivity contribution is 7.33. The summed E-state index contributed by atoms with van der Waals surface area (Å²) in [5, 5.41) is 15.5. The Balaban J connectivity index is 4.03. The molecular weight excluding hydrogens is 218 g/mol. The number of hydrogen-bond acceptors (Lipinski definition) is 3. The molecule has 1 atom stereocenters. The Bertz CT molecular complexity index is 227. The Hall–Kier alpha value is -0.610. The lowest BCUT2D eigenvalue weighted by Crippen LogP contribution is -2.13. The third-order valence-corrected chi connectivity index (χ3v) is 2.13. The highest BCUT2D eigenvalue weighted by Crippen LogP contribution is 2.23. The van der Waals surface area contributed by atoms with Gasteiger partial charge in [-0.3, -0.25) is 0 Å². The third kappa shape index (κ3) is 5.94. The van der Waals surface area contributed by atoms with Crippen molar-refractivity contribution >= 4 is 14.5 Å². The van der Waals surface area contributed by atoms with E-state index in [4.69, 9.17) is 15.0 Å². The Morgan fingerprint density at radius 1 is 1.57 bits per heavy atom. The van der Waals surface area contributed by atoms with Gasteiger partial charge < -0.3 is 15.0 Å². The third-order valence-electron chi connectivity index (χ3n) is 1.11. The van der Waals surface area contributed by atoms with E-state index in [9.17, 15) is 13.2 Å². The van der Waals surface area contributed by atoms with E-state index in [1.165, 1.54) is 0 Å². The largest absolute Gasteiger partial charge is 0.504 e. The van der Waals surface area contributed by atoms with Crippen molar-refractivity contribution in [3.8, 4) is 0 Å². The van der Waals surface area contributed by atoms with E-state index in [0.29, 0.717) is 12.7 Å². The molecule has 0 aromatic heterocycles. The lowest BCUT2D eigenvalue weighted by Gasteiger charge is -2.05. The molecule has 0 heterocycles. The minimum absolute atomic E-state index is 0.0521. The summed E-state index contributed by atoms with van der Waals surface area (Å²) in [7, 11) is -0.0521. The fourth-order valence-electron chi connectivity index (χ4n) is 0.529. The average Bonchev–Trinajstić information content (AvgIpc) is 2.03. The molecule has 0 rings (SSSR count). The van der Waals surface area contributed by atoms with Crippen LogP contribution in [0.2, 0.25) is 0 Å². The molecule has 82 valence electrons. The SMILES string of the molecule is CCOPCC(=N)/C=C(\O)C(F)(F)F. The van der Waals surface area contributed by atoms with Crippen LogP contribution >= 0.6 is 8.81 Å². The molecule has 0 aliphatic carbocycles. The zero-order valence-electron chi connectivity index (χ0n) is 7.48. The van der Waals surface area contributed by atoms with Crippen molar-refractivity contribution in [3.63, 3.8) is 0 Å². The van der Waals surface area contributed by atoms with Crippen LogP contribution in [0.1, 0.15) is 6.92 Å². The quantitative estimate of drug-likeness (QED) is 0.329. The number of aliphatic hydroxyl groups is 1. The Morgan fingerprint density at radius 3 is 2.57 bits per heavy atom. The van der Waals surface area contributed by atoms with Gasteiger partial charge in [0.1, 0.15) is 0 Å². The Kier molecular flexibility index (Phi) is 5.72. The molecule has 0 saturated heterocycles. The van der Waals surface area contributed by atoms with Crippen LogP contribution < -0.4 is 0 Å². The molecule has 0 aromatic carbocycles. The van der Waals surface area contributed by atoms with Gasteiger partial charge in [-0.25, -0.2) is 0 Å². The number of halogens is 3. The number of hydrogen-bond donors (Lipinski definition) is 2. The van der Waals surface area contributed by atoms with Crippen LogP contribution in [0.4, 0.5) is 13.2 Å². The summed E-state index contributed by atoms with van der Waals surface area (Å²) >= 11 is 0. The van der Waals surface area contributed by atoms with Crippen LogP contribution in [0.3, 0.4) is 0 Å². The summed E-state index contributed by atoms with van der Waals surface area (Å²) in [6.07, 6.45) is -4.30. The molecule has 1 unspecified atom stereocenters. The second-order valence-electron chi connectivity index (χ2n) is 2.31. The number of aliphatic hydroxyl groups excluding tert-OH is 1. The van der Waals surface area contributed by atoms with Crippen LogP contribution in [-0.2, 0) is 4.52 Å². The number of nitrogens with one attached hydrogen (secondary N) is 1. The topological polar surface area (TPSA) is 53.3 Å². The van der Waals surface area contributed by atoms with Crippen molar-refractivity contribution < 1.29 is 22.8 Å². The van der Waals surface area contributed by atoms with Gasteiger partial charge in [-0.1, -0.05) is 0 Å². The van der Waals surface area contributed by atoms with Crippen molar-refractivity contribution in [3.05, 3.63) is 11.8 Å². The molecule has 3 nitrogen and oxygen atoms in total. The molecule has 0 spiro atoms. The normalized spacial score (nSPS) is 13.9. The summed E-state index contributed by atoms with van der Waals surface area (Å²) in [5.74, 6) is -1.75. The first-order valence-corrected chi connectivity index (χ1v) is 4.89. The lowest BCUT2D eigenvalue weighted by molar-refractivity contribution is -0.120. The van der Waals surface area contributed by atoms with E-state index in [0.717, 1.165) is 0 Å². The molecule has 0 radical (unpaired) electrons. The maximum absolute atomic E-state index is 11.8. The summed E-state index contributed by atoms with van der Waals surface area (Å²) in [5.41, 5.74) is -0.299. The van der Waals surface area contributed by atoms with Crippen LogP contribution in [0.15, 0.2) is 11.8 Å². The molecule has 7 heteroatoms. The molecule has 14 heavy (non-hydrogen) atoms. The first-order valence-electron chi connectivity index (χ1n) is 3.77. The van der Waals surface area contributed by atoms with Gasteiger partial charge in [0.25, 0.3) is 0 Å². The maximum Gasteiger partial charge on any atom is 0.448 e. The maximum atomic E-state index is 11.8. The summed E-state index contributed by atoms with van der Waals surface area (Å²) in [6, 6.07) is 0. The number of allylic oxidation sites excluding steroid dienone is 2. The van der Waals surface area contributed by atoms with Gasteiger partial charge in [0.2, 0.25) is 0 Å². The second-order valence-corrected chi connectivity index (χ2v) is 3.24. The molecule has 0 aliphatic rings. The number of alkyl halides is 3. The molecular formula is C7H11F3NO2P. The zero-order chi connectivity index (χ0) is 11.2. The van der Waals surface area contributed by atoms with Gasteiger partial charge in [-0.2, -0.15) is 13.2 Å². The highest BCUT2D eigenvalue weighted by atomic mass is 31.1. The van der Waals surface area contributed by atoms with Gasteiger partial charge in [-0.15, -0.1) is 0 Å². The van der Waals surface area contributed by atoms with Crippen molar-refractivity contribution in [2.75, 3.05) is 12.8 Å². The summed E-state index contributed by atoms with van der Waals surface area (Å²) in [4.78, 5) is 0. The first kappa shape index (κ1) is 13.4. The van der Waals surface area contributed by atoms with E-state index in [1.807, 2.05) is 0 Å². The summed E-state index contributed by atoms with van der Waals surface area (Å²) < 4.78 is 40.1. The van der Waals surface area contributed by atoms with E-state index < -0.39 is 11.9 Å². The molecule has 0 fully saturated rings. The van der Waals surface area contributed by atoms with Crippen LogP contribution in [-0.4, -0.2) is 29.8 Å². The van der Waals surface area contributed by atoms with E-state index in [1.54, 1.807) is 6.92 Å². The standard InChI is InChI=1S/C7H11F3NO2P/c1-2-13-14-4-5(11)3-6(12)7(8,9)10/h3,11-12,14H,2,4H2,1H3/b6-3-,11-5?. The molecule has 0 amide bonds. The number of rotatable bonds is 5. The van der Waals surface area contributed by atoms with Crippen molar-refractivity contribution in [2.45, 2.75) is 13.1 Å². The zero-order valence-corrected chi connectivity index (χ0v) is 8.48. The van der Waals surface area contributed by atoms with Gasteiger partial charge >= 0.3 is 6.18 Å². The van der Waals surface area contributed by atoms with E-state index >= 15 is 0 Å². The molecule has 0 saturated carbocycles. The van der Waals surface area contributed by atoms with Gasteiger partial charge in [0.05, 0.1) is 0 Å². The first-order chi connectivity index (χ1) is 6.38. The fraction of sp³-hybridized carbons (Fsp3) is 0.571. The fourth-order valence-corrected chi connectivity index (χ4v) is 1.09. The van der Waals surface area contributed by atoms with Gasteiger partial charge in [0.15, 0.2) is 5.76 Å². The van der Waals surface area contributed by atoms with E-state index in [2.05, 4.69) is 0 Å². The van der Waals surface area contributed by atoms with Crippen molar-refractivity contribution in [1.29, 1.82) is 5.41 Å². The second kappa shape index (κ2) is 5.98. The van der Waals surface area contributed by atoms with Crippen molar-refractivity contribution in [1.82, 2.24) is 0 Å². The van der Waals surface area contributed by atoms with Crippen LogP contribution in [0.5, 0.6) is 0 Å². The van der Waals surface area contributed by atoms with Crippen LogP contribution in [0.25, 0.3) is 0 Å². The predicted molar refractivity (Wildman–Crippen MR) is 49.3 cm³/mol. The van der Waals surface area contributed by atoms with Gasteiger partial charge in [0, 0.05) is 33.4 Å². The van der Waals surface area contributed by atoms with Gasteiger partial charge in [-0.05, 0) is 6.92 Å². The smallest absolute Gasteiger partial charge is 0.448 e. The van der Waals surface area contributed by atoms with Crippen LogP contribution in [0, 0.1) is 5.41 Å². The summed E-state index contributed by atoms with van der Waals surface area (Å²) in [6.45, 7) is 2.21. The minimum atomic E-state index is -4.78.